The molecule has 2 heteroatoms. The van der Waals surface area contributed by atoms with Gasteiger partial charge in [0.2, 0.25) is 0 Å². The fourth-order valence-corrected chi connectivity index (χ4v) is 2.56. The van der Waals surface area contributed by atoms with Crippen LogP contribution in [0.15, 0.2) is 49.0 Å². The van der Waals surface area contributed by atoms with Crippen molar-refractivity contribution in [2.75, 3.05) is 0 Å². The molecule has 0 atom stereocenters. The molecular formula is C16H11ClO. The van der Waals surface area contributed by atoms with Crippen LogP contribution in [0.3, 0.4) is 0 Å². The number of carbonyl (C=O) groups is 1. The Labute approximate surface area is 111 Å². The molecule has 88 valence electrons. The summed E-state index contributed by atoms with van der Waals surface area (Å²) in [6, 6.07) is 13.2. The first-order valence-corrected chi connectivity index (χ1v) is 6.15. The van der Waals surface area contributed by atoms with Gasteiger partial charge in [-0.25, -0.2) is 0 Å². The number of halogens is 1. The first-order chi connectivity index (χ1) is 8.66. The molecule has 3 rings (SSSR count). The van der Waals surface area contributed by atoms with E-state index in [1.165, 1.54) is 0 Å². The molecule has 0 amide bonds. The molecule has 0 N–H and O–H groups in total. The summed E-state index contributed by atoms with van der Waals surface area (Å²) in [5.41, 5.74) is 4.48. The Kier molecular flexibility index (Phi) is 2.57. The predicted molar refractivity (Wildman–Crippen MR) is 74.1 cm³/mol. The summed E-state index contributed by atoms with van der Waals surface area (Å²) in [5.74, 6) is 0.132. The number of carbonyl (C=O) groups excluding carboxylic acids is 1. The van der Waals surface area contributed by atoms with Crippen molar-refractivity contribution < 1.29 is 4.79 Å². The Morgan fingerprint density at radius 1 is 1.00 bits per heavy atom. The highest BCUT2D eigenvalue weighted by molar-refractivity contribution is 6.30. The summed E-state index contributed by atoms with van der Waals surface area (Å²) >= 11 is 6.03. The van der Waals surface area contributed by atoms with Crippen molar-refractivity contribution in [1.29, 1.82) is 0 Å². The van der Waals surface area contributed by atoms with E-state index >= 15 is 0 Å². The number of benzene rings is 2. The zero-order chi connectivity index (χ0) is 12.7. The Hall–Kier alpha value is -1.86. The van der Waals surface area contributed by atoms with Crippen LogP contribution >= 0.6 is 11.6 Å². The number of fused-ring (bicyclic) bond motifs is 2. The molecule has 2 aromatic rings. The molecule has 2 aromatic carbocycles. The predicted octanol–water partition coefficient (Wildman–Crippen LogP) is 4.14. The summed E-state index contributed by atoms with van der Waals surface area (Å²) < 4.78 is 0. The van der Waals surface area contributed by atoms with E-state index in [1.54, 1.807) is 0 Å². The summed E-state index contributed by atoms with van der Waals surface area (Å²) in [7, 11) is 0. The molecule has 0 aromatic heterocycles. The van der Waals surface area contributed by atoms with Crippen LogP contribution in [0.5, 0.6) is 0 Å². The monoisotopic (exact) mass is 254 g/mol. The van der Waals surface area contributed by atoms with Crippen LogP contribution in [0, 0.1) is 0 Å². The van der Waals surface area contributed by atoms with Gasteiger partial charge in [-0.2, -0.15) is 0 Å². The van der Waals surface area contributed by atoms with Gasteiger partial charge in [0.25, 0.3) is 0 Å². The van der Waals surface area contributed by atoms with Crippen LogP contribution in [-0.4, -0.2) is 5.78 Å². The number of rotatable bonds is 0. The van der Waals surface area contributed by atoms with E-state index < -0.39 is 0 Å². The lowest BCUT2D eigenvalue weighted by atomic mass is 9.96. The number of hydrogen-bond donors (Lipinski definition) is 0. The Balaban J connectivity index is 2.29. The minimum absolute atomic E-state index is 0.132. The van der Waals surface area contributed by atoms with Gasteiger partial charge in [-0.3, -0.25) is 4.79 Å². The van der Waals surface area contributed by atoms with Gasteiger partial charge in [-0.05, 0) is 34.4 Å². The normalized spacial score (nSPS) is 13.8. The Morgan fingerprint density at radius 2 is 1.72 bits per heavy atom. The third-order valence-electron chi connectivity index (χ3n) is 3.30. The topological polar surface area (TPSA) is 17.1 Å². The van der Waals surface area contributed by atoms with E-state index in [9.17, 15) is 4.79 Å². The minimum Gasteiger partial charge on any atom is -0.294 e. The standard InChI is InChI=1S/C16H11ClO/c1-10-13-4-2-3-5-14(13)16(18)8-11-6-7-12(17)9-15(10)11/h2-7,9H,1,8H2. The van der Waals surface area contributed by atoms with Crippen LogP contribution < -0.4 is 0 Å². The molecule has 1 aliphatic rings. The molecule has 0 fully saturated rings. The van der Waals surface area contributed by atoms with Gasteiger partial charge in [0.1, 0.15) is 0 Å². The lowest BCUT2D eigenvalue weighted by Crippen LogP contribution is -2.03. The third-order valence-corrected chi connectivity index (χ3v) is 3.54. The van der Waals surface area contributed by atoms with Crippen LogP contribution in [-0.2, 0) is 6.42 Å². The highest BCUT2D eigenvalue weighted by atomic mass is 35.5. The zero-order valence-corrected chi connectivity index (χ0v) is 10.5. The Bertz CT molecular complexity index is 671. The maximum Gasteiger partial charge on any atom is 0.167 e. The molecule has 0 aliphatic heterocycles. The van der Waals surface area contributed by atoms with E-state index in [4.69, 9.17) is 11.6 Å². The molecule has 0 bridgehead atoms. The molecule has 1 nitrogen and oxygen atoms in total. The fraction of sp³-hybridized carbons (Fsp3) is 0.0625. The van der Waals surface area contributed by atoms with Gasteiger partial charge >= 0.3 is 0 Å². The maximum absolute atomic E-state index is 12.2. The van der Waals surface area contributed by atoms with Crippen molar-refractivity contribution >= 4 is 23.0 Å². The van der Waals surface area contributed by atoms with E-state index in [0.29, 0.717) is 11.4 Å². The largest absolute Gasteiger partial charge is 0.294 e. The summed E-state index contributed by atoms with van der Waals surface area (Å²) in [6.07, 6.45) is 0.405. The van der Waals surface area contributed by atoms with Gasteiger partial charge < -0.3 is 0 Å². The van der Waals surface area contributed by atoms with Gasteiger partial charge in [0.05, 0.1) is 0 Å². The maximum atomic E-state index is 12.2. The Morgan fingerprint density at radius 3 is 2.50 bits per heavy atom. The quantitative estimate of drug-likeness (QED) is 0.691. The second-order valence-corrected chi connectivity index (χ2v) is 4.86. The summed E-state index contributed by atoms with van der Waals surface area (Å²) in [4.78, 5) is 12.2. The van der Waals surface area contributed by atoms with Crippen molar-refractivity contribution in [3.05, 3.63) is 76.3 Å². The highest BCUT2D eigenvalue weighted by Crippen LogP contribution is 2.33. The summed E-state index contributed by atoms with van der Waals surface area (Å²) in [5, 5.41) is 0.668. The summed E-state index contributed by atoms with van der Waals surface area (Å²) in [6.45, 7) is 4.12. The van der Waals surface area contributed by atoms with Crippen molar-refractivity contribution in [3.8, 4) is 0 Å². The van der Waals surface area contributed by atoms with Crippen LogP contribution in [0.1, 0.15) is 27.0 Å². The van der Waals surface area contributed by atoms with Crippen LogP contribution in [0.2, 0.25) is 5.02 Å². The highest BCUT2D eigenvalue weighted by Gasteiger charge is 2.21. The lowest BCUT2D eigenvalue weighted by Gasteiger charge is -2.09. The molecule has 0 saturated carbocycles. The van der Waals surface area contributed by atoms with Crippen LogP contribution in [0.25, 0.3) is 5.57 Å². The van der Waals surface area contributed by atoms with E-state index in [1.807, 2.05) is 42.5 Å². The van der Waals surface area contributed by atoms with Gasteiger partial charge in [-0.15, -0.1) is 0 Å². The second-order valence-electron chi connectivity index (χ2n) is 4.43. The first-order valence-electron chi connectivity index (χ1n) is 5.77. The molecule has 0 heterocycles. The van der Waals surface area contributed by atoms with Crippen molar-refractivity contribution in [2.45, 2.75) is 6.42 Å². The van der Waals surface area contributed by atoms with Crippen molar-refractivity contribution in [1.82, 2.24) is 0 Å². The molecule has 0 radical (unpaired) electrons. The van der Waals surface area contributed by atoms with Gasteiger partial charge in [0.15, 0.2) is 5.78 Å². The van der Waals surface area contributed by atoms with E-state index in [-0.39, 0.29) is 5.78 Å². The van der Waals surface area contributed by atoms with E-state index in [2.05, 4.69) is 6.58 Å². The molecular weight excluding hydrogens is 244 g/mol. The smallest absolute Gasteiger partial charge is 0.167 e. The van der Waals surface area contributed by atoms with Crippen LogP contribution in [0.4, 0.5) is 0 Å². The molecule has 1 aliphatic carbocycles. The number of Topliss-reactive ketones (excluding diaryl/α,β-unsaturated/α-hetero) is 1. The number of ketones is 1. The second kappa shape index (κ2) is 4.11. The SMILES string of the molecule is C=C1c2cc(Cl)ccc2CC(=O)c2ccccc21. The molecule has 18 heavy (non-hydrogen) atoms. The average molecular weight is 255 g/mol. The first kappa shape index (κ1) is 11.2. The van der Waals surface area contributed by atoms with Gasteiger partial charge in [-0.1, -0.05) is 48.5 Å². The lowest BCUT2D eigenvalue weighted by molar-refractivity contribution is 0.0993. The number of hydrogen-bond acceptors (Lipinski definition) is 1. The minimum atomic E-state index is 0.132. The molecule has 0 unspecified atom stereocenters. The average Bonchev–Trinajstić information content (AvgIpc) is 2.48. The van der Waals surface area contributed by atoms with Crippen molar-refractivity contribution in [2.24, 2.45) is 0 Å². The third kappa shape index (κ3) is 1.68. The van der Waals surface area contributed by atoms with E-state index in [0.717, 1.165) is 27.8 Å². The van der Waals surface area contributed by atoms with Gasteiger partial charge in [0, 0.05) is 17.0 Å². The fourth-order valence-electron chi connectivity index (χ4n) is 2.39. The molecule has 0 saturated heterocycles. The molecule has 0 spiro atoms. The zero-order valence-electron chi connectivity index (χ0n) is 9.74. The van der Waals surface area contributed by atoms with Crippen molar-refractivity contribution in [3.63, 3.8) is 0 Å².